The van der Waals surface area contributed by atoms with Crippen LogP contribution in [-0.4, -0.2) is 20.7 Å². The van der Waals surface area contributed by atoms with Gasteiger partial charge in [0.2, 0.25) is 5.91 Å². The van der Waals surface area contributed by atoms with E-state index >= 15 is 0 Å². The highest BCUT2D eigenvalue weighted by atomic mass is 32.2. The third kappa shape index (κ3) is 4.23. The average molecular weight is 440 g/mol. The van der Waals surface area contributed by atoms with Gasteiger partial charge in [0.25, 0.3) is 5.56 Å². The summed E-state index contributed by atoms with van der Waals surface area (Å²) < 4.78 is 1.66. The molecule has 1 unspecified atom stereocenters. The van der Waals surface area contributed by atoms with E-state index in [1.807, 2.05) is 37.3 Å². The largest absolute Gasteiger partial charge is 0.351 e. The third-order valence-corrected chi connectivity index (χ3v) is 7.59. The van der Waals surface area contributed by atoms with Gasteiger partial charge in [-0.05, 0) is 43.7 Å². The number of allylic oxidation sites excluding steroid dienone is 1. The number of benzene rings is 1. The number of nitrogens with zero attached hydrogens (tertiary/aromatic N) is 2. The maximum absolute atomic E-state index is 13.3. The molecule has 0 saturated heterocycles. The summed E-state index contributed by atoms with van der Waals surface area (Å²) in [5.74, 6) is -0.0752. The lowest BCUT2D eigenvalue weighted by Crippen LogP contribution is -2.31. The lowest BCUT2D eigenvalue weighted by atomic mass is 9.97. The number of aryl methyl sites for hydroxylation is 2. The first-order chi connectivity index (χ1) is 14.6. The predicted molar refractivity (Wildman–Crippen MR) is 124 cm³/mol. The second-order valence-corrected chi connectivity index (χ2v) is 9.84. The summed E-state index contributed by atoms with van der Waals surface area (Å²) in [6.07, 6.45) is 5.97. The van der Waals surface area contributed by atoms with Gasteiger partial charge in [0.15, 0.2) is 5.16 Å². The monoisotopic (exact) mass is 439 g/mol. The van der Waals surface area contributed by atoms with E-state index in [1.165, 1.54) is 28.6 Å². The molecule has 5 nitrogen and oxygen atoms in total. The van der Waals surface area contributed by atoms with Crippen molar-refractivity contribution in [3.05, 3.63) is 69.3 Å². The number of thiophene rings is 1. The van der Waals surface area contributed by atoms with Crippen molar-refractivity contribution in [3.63, 3.8) is 0 Å². The summed E-state index contributed by atoms with van der Waals surface area (Å²) in [5, 5.41) is 3.94. The number of amides is 1. The minimum absolute atomic E-state index is 0.0151. The molecular weight excluding hydrogens is 414 g/mol. The number of hydrogen-bond acceptors (Lipinski definition) is 5. The van der Waals surface area contributed by atoms with Crippen LogP contribution in [0.15, 0.2) is 52.9 Å². The predicted octanol–water partition coefficient (Wildman–Crippen LogP) is 4.32. The molecule has 1 aliphatic rings. The van der Waals surface area contributed by atoms with Gasteiger partial charge < -0.3 is 5.32 Å². The molecule has 1 aromatic carbocycles. The standard InChI is InChI=1S/C23H25N3O2S2/c1-3-13-26-22(28)19-17-11-7-8-12-18(17)30-21(19)25-23(26)29-15(2)20(27)24-14-16-9-5-4-6-10-16/h3-6,9-10,15H,1,7-8,11-14H2,2H3,(H,24,27). The molecule has 4 rings (SSSR count). The molecule has 7 heteroatoms. The quantitative estimate of drug-likeness (QED) is 0.338. The van der Waals surface area contributed by atoms with Crippen molar-refractivity contribution in [1.29, 1.82) is 0 Å². The molecule has 0 radical (unpaired) electrons. The Morgan fingerprint density at radius 3 is 2.87 bits per heavy atom. The smallest absolute Gasteiger partial charge is 0.263 e. The van der Waals surface area contributed by atoms with Gasteiger partial charge in [-0.3, -0.25) is 14.2 Å². The van der Waals surface area contributed by atoms with Crippen LogP contribution in [0.4, 0.5) is 0 Å². The minimum Gasteiger partial charge on any atom is -0.351 e. The summed E-state index contributed by atoms with van der Waals surface area (Å²) >= 11 is 2.96. The van der Waals surface area contributed by atoms with Gasteiger partial charge in [0.05, 0.1) is 10.6 Å². The van der Waals surface area contributed by atoms with Crippen LogP contribution in [0, 0.1) is 0 Å². The molecule has 30 heavy (non-hydrogen) atoms. The molecule has 0 aliphatic heterocycles. The van der Waals surface area contributed by atoms with Crippen molar-refractivity contribution in [1.82, 2.24) is 14.9 Å². The molecule has 1 aliphatic carbocycles. The van der Waals surface area contributed by atoms with Crippen molar-refractivity contribution in [2.24, 2.45) is 0 Å². The van der Waals surface area contributed by atoms with Gasteiger partial charge in [-0.2, -0.15) is 0 Å². The number of nitrogens with one attached hydrogen (secondary N) is 1. The van der Waals surface area contributed by atoms with Gasteiger partial charge in [-0.1, -0.05) is 48.2 Å². The fourth-order valence-corrected chi connectivity index (χ4v) is 5.99. The molecule has 1 atom stereocenters. The van der Waals surface area contributed by atoms with Crippen molar-refractivity contribution < 1.29 is 4.79 Å². The highest BCUT2D eigenvalue weighted by molar-refractivity contribution is 8.00. The molecule has 3 aromatic rings. The fraction of sp³-hybridized carbons (Fsp3) is 0.348. The SMILES string of the molecule is C=CCn1c(SC(C)C(=O)NCc2ccccc2)nc2sc3c(c2c1=O)CCCC3. The van der Waals surface area contributed by atoms with Gasteiger partial charge in [-0.15, -0.1) is 17.9 Å². The average Bonchev–Trinajstić information content (AvgIpc) is 3.13. The Balaban J connectivity index is 1.59. The Labute approximate surface area is 184 Å². The van der Waals surface area contributed by atoms with Crippen LogP contribution in [-0.2, 0) is 30.7 Å². The molecule has 2 aromatic heterocycles. The second kappa shape index (κ2) is 9.18. The number of carbonyl (C=O) groups is 1. The van der Waals surface area contributed by atoms with Crippen LogP contribution in [0.3, 0.4) is 0 Å². The summed E-state index contributed by atoms with van der Waals surface area (Å²) in [6, 6.07) is 9.81. The zero-order valence-corrected chi connectivity index (χ0v) is 18.7. The number of thioether (sulfide) groups is 1. The lowest BCUT2D eigenvalue weighted by Gasteiger charge is -2.15. The second-order valence-electron chi connectivity index (χ2n) is 7.45. The van der Waals surface area contributed by atoms with Crippen molar-refractivity contribution in [2.75, 3.05) is 0 Å². The molecule has 0 spiro atoms. The molecule has 0 bridgehead atoms. The Morgan fingerprint density at radius 1 is 1.33 bits per heavy atom. The minimum atomic E-state index is -0.372. The van der Waals surface area contributed by atoms with E-state index in [2.05, 4.69) is 11.9 Å². The Bertz CT molecular complexity index is 1130. The molecule has 0 saturated carbocycles. The van der Waals surface area contributed by atoms with E-state index in [4.69, 9.17) is 4.98 Å². The van der Waals surface area contributed by atoms with E-state index in [0.29, 0.717) is 18.2 Å². The maximum Gasteiger partial charge on any atom is 0.263 e. The number of carbonyl (C=O) groups excluding carboxylic acids is 1. The van der Waals surface area contributed by atoms with Crippen LogP contribution < -0.4 is 10.9 Å². The zero-order chi connectivity index (χ0) is 21.1. The first kappa shape index (κ1) is 20.9. The zero-order valence-electron chi connectivity index (χ0n) is 17.0. The van der Waals surface area contributed by atoms with Crippen LogP contribution in [0.25, 0.3) is 10.2 Å². The van der Waals surface area contributed by atoms with Gasteiger partial charge in [0.1, 0.15) is 4.83 Å². The summed E-state index contributed by atoms with van der Waals surface area (Å²) in [4.78, 5) is 32.8. The van der Waals surface area contributed by atoms with E-state index < -0.39 is 0 Å². The number of aromatic nitrogens is 2. The van der Waals surface area contributed by atoms with Crippen molar-refractivity contribution >= 4 is 39.2 Å². The molecule has 156 valence electrons. The van der Waals surface area contributed by atoms with Gasteiger partial charge >= 0.3 is 0 Å². The van der Waals surface area contributed by atoms with Crippen molar-refractivity contribution in [2.45, 2.75) is 56.1 Å². The summed E-state index contributed by atoms with van der Waals surface area (Å²) in [5.41, 5.74) is 2.22. The highest BCUT2D eigenvalue weighted by Crippen LogP contribution is 2.35. The molecule has 1 N–H and O–H groups in total. The first-order valence-electron chi connectivity index (χ1n) is 10.2. The van der Waals surface area contributed by atoms with Crippen LogP contribution in [0.2, 0.25) is 0 Å². The maximum atomic E-state index is 13.3. The van der Waals surface area contributed by atoms with Crippen LogP contribution in [0.5, 0.6) is 0 Å². The Kier molecular flexibility index (Phi) is 6.39. The molecule has 0 fully saturated rings. The van der Waals surface area contributed by atoms with E-state index in [1.54, 1.807) is 22.0 Å². The van der Waals surface area contributed by atoms with Crippen LogP contribution >= 0.6 is 23.1 Å². The third-order valence-electron chi connectivity index (χ3n) is 5.31. The fourth-order valence-electron chi connectivity index (χ4n) is 3.74. The molecule has 2 heterocycles. The number of hydrogen-bond donors (Lipinski definition) is 1. The van der Waals surface area contributed by atoms with E-state index in [9.17, 15) is 9.59 Å². The molecular formula is C23H25N3O2S2. The van der Waals surface area contributed by atoms with Crippen LogP contribution in [0.1, 0.15) is 35.8 Å². The Morgan fingerprint density at radius 2 is 2.10 bits per heavy atom. The first-order valence-corrected chi connectivity index (χ1v) is 11.9. The van der Waals surface area contributed by atoms with E-state index in [0.717, 1.165) is 35.0 Å². The Hall–Kier alpha value is -2.38. The van der Waals surface area contributed by atoms with Crippen molar-refractivity contribution in [3.8, 4) is 0 Å². The summed E-state index contributed by atoms with van der Waals surface area (Å²) in [6.45, 7) is 6.51. The number of rotatable bonds is 7. The lowest BCUT2D eigenvalue weighted by molar-refractivity contribution is -0.120. The topological polar surface area (TPSA) is 64.0 Å². The normalized spacial score (nSPS) is 14.3. The summed E-state index contributed by atoms with van der Waals surface area (Å²) in [7, 11) is 0. The van der Waals surface area contributed by atoms with E-state index in [-0.39, 0.29) is 16.7 Å². The van der Waals surface area contributed by atoms with Gasteiger partial charge in [-0.25, -0.2) is 4.98 Å². The number of fused-ring (bicyclic) bond motifs is 3. The molecule has 1 amide bonds. The highest BCUT2D eigenvalue weighted by Gasteiger charge is 2.24. The van der Waals surface area contributed by atoms with Gasteiger partial charge in [0, 0.05) is 18.0 Å².